The van der Waals surface area contributed by atoms with Gasteiger partial charge in [0.2, 0.25) is 0 Å². The summed E-state index contributed by atoms with van der Waals surface area (Å²) in [5, 5.41) is 0.119. The number of benzene rings is 1. The molecule has 1 aromatic carbocycles. The lowest BCUT2D eigenvalue weighted by atomic mass is 10.2. The van der Waals surface area contributed by atoms with E-state index in [2.05, 4.69) is 20.9 Å². The van der Waals surface area contributed by atoms with Crippen LogP contribution in [-0.4, -0.2) is 24.2 Å². The number of carbonyl (C=O) groups excluding carboxylic acids is 1. The van der Waals surface area contributed by atoms with E-state index in [1.54, 1.807) is 24.3 Å². The third-order valence-corrected chi connectivity index (χ3v) is 4.09. The molecule has 0 radical (unpaired) electrons. The average molecular weight is 385 g/mol. The molecule has 0 fully saturated rings. The van der Waals surface area contributed by atoms with E-state index in [0.29, 0.717) is 24.7 Å². The Hall–Kier alpha value is -1.79. The van der Waals surface area contributed by atoms with Gasteiger partial charge in [0.15, 0.2) is 11.5 Å². The topological polar surface area (TPSA) is 57.7 Å². The van der Waals surface area contributed by atoms with E-state index in [-0.39, 0.29) is 17.3 Å². The molecule has 0 amide bonds. The molecule has 0 atom stereocenters. The molecule has 1 aromatic heterocycles. The van der Waals surface area contributed by atoms with Crippen molar-refractivity contribution in [2.45, 2.75) is 6.61 Å². The van der Waals surface area contributed by atoms with Crippen LogP contribution in [-0.2, 0) is 11.3 Å². The fraction of sp³-hybridized carbons (Fsp3) is 0.200. The van der Waals surface area contributed by atoms with E-state index in [1.807, 2.05) is 0 Å². The van der Waals surface area contributed by atoms with Crippen LogP contribution in [0.3, 0.4) is 0 Å². The molecule has 2 heterocycles. The summed E-state index contributed by atoms with van der Waals surface area (Å²) in [6.07, 6.45) is 1.51. The number of esters is 1. The second-order valence-corrected chi connectivity index (χ2v) is 5.72. The van der Waals surface area contributed by atoms with Gasteiger partial charge in [-0.25, -0.2) is 9.78 Å². The number of pyridine rings is 1. The Balaban J connectivity index is 1.74. The zero-order chi connectivity index (χ0) is 15.5. The molecule has 7 heteroatoms. The summed E-state index contributed by atoms with van der Waals surface area (Å²) in [5.74, 6) is 0.781. The highest BCUT2D eigenvalue weighted by molar-refractivity contribution is 9.10. The van der Waals surface area contributed by atoms with Crippen molar-refractivity contribution < 1.29 is 19.0 Å². The van der Waals surface area contributed by atoms with Gasteiger partial charge in [-0.05, 0) is 24.3 Å². The molecule has 1 aliphatic rings. The molecule has 0 saturated carbocycles. The summed E-state index contributed by atoms with van der Waals surface area (Å²) >= 11 is 9.30. The maximum absolute atomic E-state index is 12.0. The van der Waals surface area contributed by atoms with Crippen molar-refractivity contribution in [1.29, 1.82) is 0 Å². The fourth-order valence-corrected chi connectivity index (χ4v) is 2.61. The molecular formula is C15H11BrClNO4. The summed E-state index contributed by atoms with van der Waals surface area (Å²) in [6.45, 7) is 1.10. The minimum atomic E-state index is -0.528. The first-order valence-electron chi connectivity index (χ1n) is 6.51. The van der Waals surface area contributed by atoms with E-state index in [4.69, 9.17) is 25.8 Å². The van der Waals surface area contributed by atoms with Crippen molar-refractivity contribution in [3.05, 3.63) is 51.2 Å². The van der Waals surface area contributed by atoms with E-state index < -0.39 is 5.97 Å². The predicted octanol–water partition coefficient (Wildman–Crippen LogP) is 3.63. The van der Waals surface area contributed by atoms with Crippen molar-refractivity contribution in [2.75, 3.05) is 13.2 Å². The molecule has 3 rings (SSSR count). The fourth-order valence-electron chi connectivity index (χ4n) is 1.98. The van der Waals surface area contributed by atoms with Crippen LogP contribution in [0, 0.1) is 0 Å². The Kier molecular flexibility index (Phi) is 4.49. The predicted molar refractivity (Wildman–Crippen MR) is 83.5 cm³/mol. The molecular weight excluding hydrogens is 374 g/mol. The van der Waals surface area contributed by atoms with Crippen molar-refractivity contribution in [2.24, 2.45) is 0 Å². The number of hydrogen-bond acceptors (Lipinski definition) is 5. The highest BCUT2D eigenvalue weighted by atomic mass is 79.9. The quantitative estimate of drug-likeness (QED) is 0.597. The van der Waals surface area contributed by atoms with Crippen LogP contribution in [0.2, 0.25) is 5.15 Å². The van der Waals surface area contributed by atoms with Crippen LogP contribution in [0.5, 0.6) is 11.5 Å². The van der Waals surface area contributed by atoms with Crippen molar-refractivity contribution in [1.82, 2.24) is 4.98 Å². The number of fused-ring (bicyclic) bond motifs is 1. The van der Waals surface area contributed by atoms with Crippen LogP contribution >= 0.6 is 27.5 Å². The third kappa shape index (κ3) is 3.18. The van der Waals surface area contributed by atoms with Gasteiger partial charge in [0.05, 0.1) is 5.56 Å². The largest absolute Gasteiger partial charge is 0.486 e. The van der Waals surface area contributed by atoms with Crippen LogP contribution in [0.15, 0.2) is 34.9 Å². The maximum Gasteiger partial charge on any atom is 0.341 e. The standard InChI is InChI=1S/C15H11BrClNO4/c16-11-7-13-12(20-4-5-21-13)6-9(11)8-22-15(19)10-2-1-3-18-14(10)17/h1-3,6-7H,4-5,8H2. The zero-order valence-electron chi connectivity index (χ0n) is 11.3. The van der Waals surface area contributed by atoms with E-state index in [0.717, 1.165) is 10.0 Å². The Bertz CT molecular complexity index is 723. The molecule has 5 nitrogen and oxygen atoms in total. The lowest BCUT2D eigenvalue weighted by Gasteiger charge is -2.19. The van der Waals surface area contributed by atoms with Crippen LogP contribution in [0.25, 0.3) is 0 Å². The monoisotopic (exact) mass is 383 g/mol. The summed E-state index contributed by atoms with van der Waals surface area (Å²) in [4.78, 5) is 15.9. The SMILES string of the molecule is O=C(OCc1cc2c(cc1Br)OCCO2)c1cccnc1Cl. The number of hydrogen-bond donors (Lipinski definition) is 0. The van der Waals surface area contributed by atoms with E-state index in [9.17, 15) is 4.79 Å². The van der Waals surface area contributed by atoms with Crippen molar-refractivity contribution in [3.63, 3.8) is 0 Å². The second kappa shape index (κ2) is 6.54. The minimum absolute atomic E-state index is 0.0846. The average Bonchev–Trinajstić information content (AvgIpc) is 2.53. The zero-order valence-corrected chi connectivity index (χ0v) is 13.7. The Morgan fingerprint density at radius 1 is 1.32 bits per heavy atom. The summed E-state index contributed by atoms with van der Waals surface area (Å²) in [7, 11) is 0. The Labute approximate surface area is 140 Å². The number of aromatic nitrogens is 1. The van der Waals surface area contributed by atoms with Gasteiger partial charge in [-0.3, -0.25) is 0 Å². The number of rotatable bonds is 3. The number of ether oxygens (including phenoxy) is 3. The van der Waals surface area contributed by atoms with Gasteiger partial charge < -0.3 is 14.2 Å². The number of halogens is 2. The minimum Gasteiger partial charge on any atom is -0.486 e. The molecule has 0 N–H and O–H groups in total. The number of nitrogens with zero attached hydrogens (tertiary/aromatic N) is 1. The van der Waals surface area contributed by atoms with Gasteiger partial charge in [0.1, 0.15) is 25.0 Å². The first-order valence-corrected chi connectivity index (χ1v) is 7.68. The van der Waals surface area contributed by atoms with Crippen molar-refractivity contribution >= 4 is 33.5 Å². The van der Waals surface area contributed by atoms with Crippen molar-refractivity contribution in [3.8, 4) is 11.5 Å². The first-order chi connectivity index (χ1) is 10.6. The van der Waals surface area contributed by atoms with E-state index in [1.165, 1.54) is 6.20 Å². The molecule has 114 valence electrons. The van der Waals surface area contributed by atoms with Crippen LogP contribution < -0.4 is 9.47 Å². The summed E-state index contributed by atoms with van der Waals surface area (Å²) in [6, 6.07) is 6.78. The van der Waals surface area contributed by atoms with Gasteiger partial charge in [-0.2, -0.15) is 0 Å². The van der Waals surface area contributed by atoms with Gasteiger partial charge >= 0.3 is 5.97 Å². The van der Waals surface area contributed by atoms with E-state index >= 15 is 0 Å². The molecule has 0 bridgehead atoms. The Morgan fingerprint density at radius 3 is 2.77 bits per heavy atom. The third-order valence-electron chi connectivity index (χ3n) is 3.05. The smallest absolute Gasteiger partial charge is 0.341 e. The highest BCUT2D eigenvalue weighted by Gasteiger charge is 2.17. The normalized spacial score (nSPS) is 12.8. The second-order valence-electron chi connectivity index (χ2n) is 4.51. The van der Waals surface area contributed by atoms with Gasteiger partial charge in [0.25, 0.3) is 0 Å². The van der Waals surface area contributed by atoms with Crippen LogP contribution in [0.4, 0.5) is 0 Å². The van der Waals surface area contributed by atoms with Gasteiger partial charge in [-0.15, -0.1) is 0 Å². The molecule has 0 saturated heterocycles. The molecule has 1 aliphatic heterocycles. The number of carbonyl (C=O) groups is 1. The molecule has 0 spiro atoms. The molecule has 0 aliphatic carbocycles. The molecule has 22 heavy (non-hydrogen) atoms. The summed E-state index contributed by atoms with van der Waals surface area (Å²) < 4.78 is 17.1. The summed E-state index contributed by atoms with van der Waals surface area (Å²) in [5.41, 5.74) is 1.01. The van der Waals surface area contributed by atoms with Gasteiger partial charge in [-0.1, -0.05) is 27.5 Å². The lowest BCUT2D eigenvalue weighted by molar-refractivity contribution is 0.0471. The maximum atomic E-state index is 12.0. The molecule has 2 aromatic rings. The molecule has 0 unspecified atom stereocenters. The van der Waals surface area contributed by atoms with Crippen LogP contribution in [0.1, 0.15) is 15.9 Å². The lowest BCUT2D eigenvalue weighted by Crippen LogP contribution is -2.16. The Morgan fingerprint density at radius 2 is 2.05 bits per heavy atom. The van der Waals surface area contributed by atoms with Gasteiger partial charge in [0, 0.05) is 16.2 Å². The highest BCUT2D eigenvalue weighted by Crippen LogP contribution is 2.35. The first kappa shape index (κ1) is 15.1.